The number of hydrogen-bond donors (Lipinski definition) is 1. The highest BCUT2D eigenvalue weighted by molar-refractivity contribution is 6.32. The van der Waals surface area contributed by atoms with Crippen molar-refractivity contribution in [3.8, 4) is 5.75 Å². The molecule has 0 fully saturated rings. The summed E-state index contributed by atoms with van der Waals surface area (Å²) in [5.41, 5.74) is 1.59. The lowest BCUT2D eigenvalue weighted by Gasteiger charge is -2.12. The SMILES string of the molecule is COc1ccc(C(O)c2ccccc2)cc1Cl. The highest BCUT2D eigenvalue weighted by atomic mass is 35.5. The van der Waals surface area contributed by atoms with E-state index in [4.69, 9.17) is 16.3 Å². The van der Waals surface area contributed by atoms with Gasteiger partial charge in [-0.15, -0.1) is 0 Å². The molecule has 0 amide bonds. The minimum atomic E-state index is -0.667. The first-order valence-corrected chi connectivity index (χ1v) is 5.66. The Morgan fingerprint density at radius 1 is 1.06 bits per heavy atom. The summed E-state index contributed by atoms with van der Waals surface area (Å²) in [6, 6.07) is 14.7. The average Bonchev–Trinajstić information content (AvgIpc) is 2.39. The first kappa shape index (κ1) is 12.0. The third-order valence-electron chi connectivity index (χ3n) is 2.61. The van der Waals surface area contributed by atoms with Crippen LogP contribution < -0.4 is 4.74 Å². The molecule has 0 heterocycles. The van der Waals surface area contributed by atoms with Gasteiger partial charge in [-0.2, -0.15) is 0 Å². The Kier molecular flexibility index (Phi) is 3.67. The number of benzene rings is 2. The zero-order chi connectivity index (χ0) is 12.3. The number of rotatable bonds is 3. The summed E-state index contributed by atoms with van der Waals surface area (Å²) in [4.78, 5) is 0. The minimum absolute atomic E-state index is 0.500. The largest absolute Gasteiger partial charge is 0.495 e. The van der Waals surface area contributed by atoms with Crippen LogP contribution in [0.3, 0.4) is 0 Å². The van der Waals surface area contributed by atoms with Gasteiger partial charge >= 0.3 is 0 Å². The number of aliphatic hydroxyl groups is 1. The molecular formula is C14H13ClO2. The molecule has 17 heavy (non-hydrogen) atoms. The zero-order valence-electron chi connectivity index (χ0n) is 9.43. The monoisotopic (exact) mass is 248 g/mol. The highest BCUT2D eigenvalue weighted by Gasteiger charge is 2.11. The molecule has 0 aromatic heterocycles. The van der Waals surface area contributed by atoms with Gasteiger partial charge in [-0.25, -0.2) is 0 Å². The van der Waals surface area contributed by atoms with E-state index in [9.17, 15) is 5.11 Å². The van der Waals surface area contributed by atoms with E-state index in [2.05, 4.69) is 0 Å². The molecule has 0 aliphatic rings. The fourth-order valence-corrected chi connectivity index (χ4v) is 1.95. The molecule has 88 valence electrons. The number of halogens is 1. The fourth-order valence-electron chi connectivity index (χ4n) is 1.68. The molecule has 3 heteroatoms. The third-order valence-corrected chi connectivity index (χ3v) is 2.90. The van der Waals surface area contributed by atoms with Gasteiger partial charge in [-0.3, -0.25) is 0 Å². The number of hydrogen-bond acceptors (Lipinski definition) is 2. The van der Waals surface area contributed by atoms with E-state index in [1.807, 2.05) is 36.4 Å². The Bertz CT molecular complexity index is 497. The standard InChI is InChI=1S/C14H13ClO2/c1-17-13-8-7-11(9-12(13)15)14(16)10-5-3-2-4-6-10/h2-9,14,16H,1H3. The average molecular weight is 249 g/mol. The topological polar surface area (TPSA) is 29.5 Å². The lowest BCUT2D eigenvalue weighted by Crippen LogP contribution is -1.99. The second-order valence-electron chi connectivity index (χ2n) is 3.71. The Morgan fingerprint density at radius 2 is 1.76 bits per heavy atom. The van der Waals surface area contributed by atoms with Crippen molar-refractivity contribution in [2.45, 2.75) is 6.10 Å². The van der Waals surface area contributed by atoms with Crippen LogP contribution in [-0.2, 0) is 0 Å². The Balaban J connectivity index is 2.32. The van der Waals surface area contributed by atoms with Crippen molar-refractivity contribution in [2.24, 2.45) is 0 Å². The van der Waals surface area contributed by atoms with Crippen molar-refractivity contribution in [1.82, 2.24) is 0 Å². The molecule has 0 saturated heterocycles. The van der Waals surface area contributed by atoms with Crippen LogP contribution in [0.4, 0.5) is 0 Å². The molecular weight excluding hydrogens is 236 g/mol. The van der Waals surface area contributed by atoms with E-state index in [0.717, 1.165) is 11.1 Å². The summed E-state index contributed by atoms with van der Waals surface area (Å²) in [5, 5.41) is 10.7. The first-order valence-electron chi connectivity index (χ1n) is 5.29. The second-order valence-corrected chi connectivity index (χ2v) is 4.11. The summed E-state index contributed by atoms with van der Waals surface area (Å²) in [7, 11) is 1.56. The fraction of sp³-hybridized carbons (Fsp3) is 0.143. The van der Waals surface area contributed by atoms with Gasteiger partial charge in [0.15, 0.2) is 0 Å². The summed E-state index contributed by atoms with van der Waals surface area (Å²) in [6.07, 6.45) is -0.667. The van der Waals surface area contributed by atoms with Gasteiger partial charge in [0.2, 0.25) is 0 Å². The normalized spacial score (nSPS) is 12.2. The molecule has 0 bridgehead atoms. The summed E-state index contributed by atoms with van der Waals surface area (Å²) < 4.78 is 5.07. The van der Waals surface area contributed by atoms with Crippen LogP contribution in [0.15, 0.2) is 48.5 Å². The third kappa shape index (κ3) is 2.60. The van der Waals surface area contributed by atoms with Crippen molar-refractivity contribution in [3.63, 3.8) is 0 Å². The van der Waals surface area contributed by atoms with E-state index in [0.29, 0.717) is 10.8 Å². The molecule has 2 rings (SSSR count). The highest BCUT2D eigenvalue weighted by Crippen LogP contribution is 2.30. The lowest BCUT2D eigenvalue weighted by molar-refractivity contribution is 0.220. The van der Waals surface area contributed by atoms with Crippen LogP contribution >= 0.6 is 11.6 Å². The van der Waals surface area contributed by atoms with E-state index < -0.39 is 6.10 Å². The number of methoxy groups -OCH3 is 1. The molecule has 2 aromatic carbocycles. The van der Waals surface area contributed by atoms with E-state index in [1.54, 1.807) is 19.2 Å². The van der Waals surface area contributed by atoms with Gasteiger partial charge in [-0.05, 0) is 23.3 Å². The number of ether oxygens (including phenoxy) is 1. The zero-order valence-corrected chi connectivity index (χ0v) is 10.2. The van der Waals surface area contributed by atoms with E-state index >= 15 is 0 Å². The summed E-state index contributed by atoms with van der Waals surface area (Å²) in [6.45, 7) is 0. The van der Waals surface area contributed by atoms with Crippen molar-refractivity contribution < 1.29 is 9.84 Å². The maximum absolute atomic E-state index is 10.2. The molecule has 2 nitrogen and oxygen atoms in total. The van der Waals surface area contributed by atoms with Crippen LogP contribution in [0, 0.1) is 0 Å². The Labute approximate surface area is 105 Å². The van der Waals surface area contributed by atoms with Gasteiger partial charge in [-0.1, -0.05) is 48.0 Å². The minimum Gasteiger partial charge on any atom is -0.495 e. The molecule has 1 unspecified atom stereocenters. The second kappa shape index (κ2) is 5.21. The molecule has 0 aliphatic carbocycles. The molecule has 1 atom stereocenters. The van der Waals surface area contributed by atoms with Gasteiger partial charge in [0, 0.05) is 0 Å². The molecule has 0 saturated carbocycles. The number of aliphatic hydroxyl groups excluding tert-OH is 1. The van der Waals surface area contributed by atoms with Gasteiger partial charge < -0.3 is 9.84 Å². The van der Waals surface area contributed by atoms with Crippen LogP contribution in [-0.4, -0.2) is 12.2 Å². The van der Waals surface area contributed by atoms with E-state index in [-0.39, 0.29) is 0 Å². The van der Waals surface area contributed by atoms with E-state index in [1.165, 1.54) is 0 Å². The van der Waals surface area contributed by atoms with Crippen LogP contribution in [0.2, 0.25) is 5.02 Å². The molecule has 0 aliphatic heterocycles. The first-order chi connectivity index (χ1) is 8.22. The van der Waals surface area contributed by atoms with Gasteiger partial charge in [0.25, 0.3) is 0 Å². The van der Waals surface area contributed by atoms with Gasteiger partial charge in [0.1, 0.15) is 11.9 Å². The van der Waals surface area contributed by atoms with Crippen LogP contribution in [0.5, 0.6) is 5.75 Å². The van der Waals surface area contributed by atoms with Gasteiger partial charge in [0.05, 0.1) is 12.1 Å². The van der Waals surface area contributed by atoms with Crippen molar-refractivity contribution in [1.29, 1.82) is 0 Å². The molecule has 0 spiro atoms. The van der Waals surface area contributed by atoms with Crippen molar-refractivity contribution in [3.05, 3.63) is 64.7 Å². The summed E-state index contributed by atoms with van der Waals surface area (Å²) >= 11 is 6.02. The Morgan fingerprint density at radius 3 is 2.35 bits per heavy atom. The lowest BCUT2D eigenvalue weighted by atomic mass is 10.0. The Hall–Kier alpha value is -1.51. The predicted molar refractivity (Wildman–Crippen MR) is 68.5 cm³/mol. The van der Waals surface area contributed by atoms with Crippen LogP contribution in [0.1, 0.15) is 17.2 Å². The van der Waals surface area contributed by atoms with Crippen molar-refractivity contribution in [2.75, 3.05) is 7.11 Å². The maximum Gasteiger partial charge on any atom is 0.137 e. The smallest absolute Gasteiger partial charge is 0.137 e. The molecule has 0 radical (unpaired) electrons. The predicted octanol–water partition coefficient (Wildman–Crippen LogP) is 3.43. The quantitative estimate of drug-likeness (QED) is 0.902. The molecule has 1 N–H and O–H groups in total. The summed E-state index contributed by atoms with van der Waals surface area (Å²) in [5.74, 6) is 0.607. The molecule has 2 aromatic rings. The van der Waals surface area contributed by atoms with Crippen LogP contribution in [0.25, 0.3) is 0 Å². The van der Waals surface area contributed by atoms with Crippen molar-refractivity contribution >= 4 is 11.6 Å². The maximum atomic E-state index is 10.2.